The lowest BCUT2D eigenvalue weighted by atomic mass is 10.0. The largest absolute Gasteiger partial charge is 0.465 e. The van der Waals surface area contributed by atoms with Crippen LogP contribution in [0.1, 0.15) is 54.4 Å². The van der Waals surface area contributed by atoms with Gasteiger partial charge in [0.1, 0.15) is 12.1 Å². The van der Waals surface area contributed by atoms with Crippen LogP contribution in [0.2, 0.25) is 0 Å². The van der Waals surface area contributed by atoms with Gasteiger partial charge in [0.2, 0.25) is 0 Å². The predicted octanol–water partition coefficient (Wildman–Crippen LogP) is 2.12. The number of hydrogen-bond acceptors (Lipinski definition) is 6. The van der Waals surface area contributed by atoms with Crippen LogP contribution in [0, 0.1) is 11.8 Å². The monoisotopic (exact) mass is 344 g/mol. The summed E-state index contributed by atoms with van der Waals surface area (Å²) in [5.74, 6) is 0.367. The fraction of sp³-hybridized carbons (Fsp3) is 0.889. The van der Waals surface area contributed by atoms with Crippen LogP contribution in [0.25, 0.3) is 0 Å². The number of hydrogen-bond donors (Lipinski definition) is 2. The molecule has 0 radical (unpaired) electrons. The van der Waals surface area contributed by atoms with Gasteiger partial charge in [0, 0.05) is 13.1 Å². The van der Waals surface area contributed by atoms with Crippen LogP contribution < -0.4 is 10.6 Å². The summed E-state index contributed by atoms with van der Waals surface area (Å²) in [6.07, 6.45) is 1.46. The number of nitrogens with one attached hydrogen (secondary N) is 2. The highest BCUT2D eigenvalue weighted by Crippen LogP contribution is 2.07. The summed E-state index contributed by atoms with van der Waals surface area (Å²) in [5, 5.41) is 6.45. The maximum absolute atomic E-state index is 12.0. The minimum absolute atomic E-state index is 0.213. The first-order valence-corrected chi connectivity index (χ1v) is 9.11. The lowest BCUT2D eigenvalue weighted by Crippen LogP contribution is -2.46. The van der Waals surface area contributed by atoms with Crippen molar-refractivity contribution in [2.75, 3.05) is 26.3 Å². The van der Waals surface area contributed by atoms with Gasteiger partial charge >= 0.3 is 11.9 Å². The zero-order valence-corrected chi connectivity index (χ0v) is 16.2. The summed E-state index contributed by atoms with van der Waals surface area (Å²) in [6, 6.07) is -0.615. The molecule has 0 aliphatic heterocycles. The molecule has 0 aliphatic rings. The van der Waals surface area contributed by atoms with Gasteiger partial charge in [-0.25, -0.2) is 0 Å². The molecule has 6 heteroatoms. The van der Waals surface area contributed by atoms with Crippen LogP contribution in [-0.2, 0) is 19.1 Å². The Morgan fingerprint density at radius 3 is 1.33 bits per heavy atom. The Balaban J connectivity index is 4.39. The fourth-order valence-corrected chi connectivity index (χ4v) is 2.45. The summed E-state index contributed by atoms with van der Waals surface area (Å²) in [5.41, 5.74) is 0. The van der Waals surface area contributed by atoms with Gasteiger partial charge in [-0.05, 0) is 38.5 Å². The van der Waals surface area contributed by atoms with Crippen molar-refractivity contribution in [3.05, 3.63) is 0 Å². The normalized spacial score (nSPS) is 13.8. The smallest absolute Gasteiger partial charge is 0.323 e. The average Bonchev–Trinajstić information content (AvgIpc) is 2.48. The molecule has 0 aromatic carbocycles. The summed E-state index contributed by atoms with van der Waals surface area (Å²) >= 11 is 0. The first kappa shape index (κ1) is 22.9. The second-order valence-corrected chi connectivity index (χ2v) is 6.78. The highest BCUT2D eigenvalue weighted by molar-refractivity contribution is 5.76. The van der Waals surface area contributed by atoms with Crippen LogP contribution in [0.15, 0.2) is 0 Å². The molecule has 0 bridgehead atoms. The van der Waals surface area contributed by atoms with Gasteiger partial charge in [0.15, 0.2) is 0 Å². The molecular formula is C18H36N2O4. The zero-order chi connectivity index (χ0) is 18.5. The highest BCUT2D eigenvalue weighted by Gasteiger charge is 2.22. The first-order chi connectivity index (χ1) is 11.3. The van der Waals surface area contributed by atoms with Gasteiger partial charge in [0.25, 0.3) is 0 Å². The van der Waals surface area contributed by atoms with Gasteiger partial charge in [-0.15, -0.1) is 0 Å². The molecule has 0 rings (SSSR count). The molecule has 0 aliphatic carbocycles. The molecule has 0 amide bonds. The Bertz CT molecular complexity index is 325. The second kappa shape index (κ2) is 13.2. The van der Waals surface area contributed by atoms with E-state index in [1.807, 2.05) is 13.8 Å². The molecule has 2 N–H and O–H groups in total. The maximum Gasteiger partial charge on any atom is 0.323 e. The molecule has 0 saturated carbocycles. The first-order valence-electron chi connectivity index (χ1n) is 9.11. The van der Waals surface area contributed by atoms with E-state index in [0.717, 1.165) is 12.8 Å². The van der Waals surface area contributed by atoms with Gasteiger partial charge in [-0.2, -0.15) is 0 Å². The molecule has 0 unspecified atom stereocenters. The third-order valence-corrected chi connectivity index (χ3v) is 3.46. The summed E-state index contributed by atoms with van der Waals surface area (Å²) < 4.78 is 10.2. The molecule has 24 heavy (non-hydrogen) atoms. The van der Waals surface area contributed by atoms with Crippen molar-refractivity contribution in [1.29, 1.82) is 0 Å². The standard InChI is InChI=1S/C18H36N2O4/c1-7-23-17(21)15(11-13(3)4)19-9-10-20-16(12-14(5)6)18(22)24-8-2/h13-16,19-20H,7-12H2,1-6H3/t15-,16-/m0/s1. The second-order valence-electron chi connectivity index (χ2n) is 6.78. The van der Waals surface area contributed by atoms with Crippen molar-refractivity contribution in [3.8, 4) is 0 Å². The van der Waals surface area contributed by atoms with Crippen molar-refractivity contribution >= 4 is 11.9 Å². The van der Waals surface area contributed by atoms with Crippen LogP contribution in [0.3, 0.4) is 0 Å². The quantitative estimate of drug-likeness (QED) is 0.394. The molecule has 0 aromatic heterocycles. The third kappa shape index (κ3) is 10.6. The predicted molar refractivity (Wildman–Crippen MR) is 95.8 cm³/mol. The number of carbonyl (C=O) groups is 2. The maximum atomic E-state index is 12.0. The lowest BCUT2D eigenvalue weighted by Gasteiger charge is -2.21. The van der Waals surface area contributed by atoms with Crippen molar-refractivity contribution in [2.24, 2.45) is 11.8 Å². The van der Waals surface area contributed by atoms with E-state index in [-0.39, 0.29) is 24.0 Å². The zero-order valence-electron chi connectivity index (χ0n) is 16.2. The third-order valence-electron chi connectivity index (χ3n) is 3.46. The Hall–Kier alpha value is -1.14. The van der Waals surface area contributed by atoms with Gasteiger partial charge in [-0.1, -0.05) is 27.7 Å². The number of esters is 2. The van der Waals surface area contributed by atoms with Gasteiger partial charge < -0.3 is 20.1 Å². The molecule has 0 aromatic rings. The molecular weight excluding hydrogens is 308 g/mol. The van der Waals surface area contributed by atoms with E-state index in [1.54, 1.807) is 0 Å². The van der Waals surface area contributed by atoms with Crippen molar-refractivity contribution in [3.63, 3.8) is 0 Å². The van der Waals surface area contributed by atoms with Crippen molar-refractivity contribution < 1.29 is 19.1 Å². The number of rotatable bonds is 13. The summed E-state index contributed by atoms with van der Waals surface area (Å²) in [7, 11) is 0. The van der Waals surface area contributed by atoms with Crippen LogP contribution in [0.4, 0.5) is 0 Å². The van der Waals surface area contributed by atoms with E-state index in [9.17, 15) is 9.59 Å². The van der Waals surface area contributed by atoms with E-state index in [4.69, 9.17) is 9.47 Å². The summed E-state index contributed by atoms with van der Waals surface area (Å²) in [4.78, 5) is 23.9. The van der Waals surface area contributed by atoms with Gasteiger partial charge in [-0.3, -0.25) is 9.59 Å². The Morgan fingerprint density at radius 1 is 0.750 bits per heavy atom. The molecule has 0 saturated heterocycles. The molecule has 0 fully saturated rings. The highest BCUT2D eigenvalue weighted by atomic mass is 16.5. The minimum Gasteiger partial charge on any atom is -0.465 e. The Labute approximate surface area is 147 Å². The van der Waals surface area contributed by atoms with E-state index >= 15 is 0 Å². The van der Waals surface area contributed by atoms with Crippen LogP contribution in [0.5, 0.6) is 0 Å². The van der Waals surface area contributed by atoms with Crippen molar-refractivity contribution in [2.45, 2.75) is 66.5 Å². The molecule has 142 valence electrons. The van der Waals surface area contributed by atoms with E-state index in [2.05, 4.69) is 38.3 Å². The van der Waals surface area contributed by atoms with E-state index in [1.165, 1.54) is 0 Å². The average molecular weight is 344 g/mol. The molecule has 2 atom stereocenters. The number of ether oxygens (including phenoxy) is 2. The molecule has 0 spiro atoms. The van der Waals surface area contributed by atoms with E-state index in [0.29, 0.717) is 38.1 Å². The Morgan fingerprint density at radius 2 is 1.08 bits per heavy atom. The SMILES string of the molecule is CCOC(=O)[C@H](CC(C)C)NCCN[C@@H](CC(C)C)C(=O)OCC. The Kier molecular flexibility index (Phi) is 12.6. The molecule has 6 nitrogen and oxygen atoms in total. The summed E-state index contributed by atoms with van der Waals surface area (Å²) in [6.45, 7) is 13.9. The van der Waals surface area contributed by atoms with E-state index < -0.39 is 0 Å². The van der Waals surface area contributed by atoms with Crippen LogP contribution >= 0.6 is 0 Å². The number of carbonyl (C=O) groups excluding carboxylic acids is 2. The lowest BCUT2D eigenvalue weighted by molar-refractivity contribution is -0.147. The van der Waals surface area contributed by atoms with Crippen molar-refractivity contribution in [1.82, 2.24) is 10.6 Å². The molecule has 0 heterocycles. The minimum atomic E-state index is -0.308. The van der Waals surface area contributed by atoms with Gasteiger partial charge in [0.05, 0.1) is 13.2 Å². The topological polar surface area (TPSA) is 76.7 Å². The van der Waals surface area contributed by atoms with Crippen LogP contribution in [-0.4, -0.2) is 50.3 Å². The fourth-order valence-electron chi connectivity index (χ4n) is 2.45.